The standard InChI is InChI=1S/C26H19N3O.ClH/c30-26-25-18(6-3-8-20(25)19-7-4-13-27-16-19)12-14-29(26)24-15-21(24)23-11-10-17-5-1-2-9-22(17)28-23;/h1-14,16,21,24H,15H2;1H. The predicted molar refractivity (Wildman–Crippen MR) is 127 cm³/mol. The summed E-state index contributed by atoms with van der Waals surface area (Å²) in [6, 6.07) is 24.5. The molecule has 1 aliphatic carbocycles. The first-order valence-electron chi connectivity index (χ1n) is 10.2. The fourth-order valence-corrected chi connectivity index (χ4v) is 4.42. The molecule has 0 saturated heterocycles. The van der Waals surface area contributed by atoms with Gasteiger partial charge in [-0.25, -0.2) is 0 Å². The van der Waals surface area contributed by atoms with E-state index in [0.717, 1.165) is 44.9 Å². The van der Waals surface area contributed by atoms with E-state index < -0.39 is 0 Å². The molecular formula is C26H20ClN3O. The van der Waals surface area contributed by atoms with Crippen LogP contribution in [0.25, 0.3) is 32.8 Å². The summed E-state index contributed by atoms with van der Waals surface area (Å²) in [5.41, 5.74) is 4.01. The maximum atomic E-state index is 13.5. The number of hydrogen-bond donors (Lipinski definition) is 0. The van der Waals surface area contributed by atoms with Crippen LogP contribution in [0.5, 0.6) is 0 Å². The molecule has 5 heteroatoms. The van der Waals surface area contributed by atoms with Crippen molar-refractivity contribution in [1.82, 2.24) is 14.5 Å². The van der Waals surface area contributed by atoms with E-state index in [4.69, 9.17) is 4.98 Å². The lowest BCUT2D eigenvalue weighted by Gasteiger charge is -2.11. The van der Waals surface area contributed by atoms with E-state index in [-0.39, 0.29) is 29.9 Å². The molecule has 31 heavy (non-hydrogen) atoms. The Kier molecular flexibility index (Phi) is 4.79. The predicted octanol–water partition coefficient (Wildman–Crippen LogP) is 5.76. The third-order valence-electron chi connectivity index (χ3n) is 6.05. The molecule has 4 nitrogen and oxygen atoms in total. The van der Waals surface area contributed by atoms with Crippen LogP contribution in [-0.2, 0) is 0 Å². The van der Waals surface area contributed by atoms with Crippen molar-refractivity contribution >= 4 is 34.1 Å². The number of fused-ring (bicyclic) bond motifs is 2. The molecule has 2 atom stereocenters. The summed E-state index contributed by atoms with van der Waals surface area (Å²) in [7, 11) is 0. The van der Waals surface area contributed by atoms with Gasteiger partial charge >= 0.3 is 0 Å². The molecule has 1 aliphatic rings. The minimum absolute atomic E-state index is 0. The highest BCUT2D eigenvalue weighted by molar-refractivity contribution is 5.95. The molecule has 0 amide bonds. The molecule has 152 valence electrons. The van der Waals surface area contributed by atoms with Crippen LogP contribution in [0.15, 0.2) is 96.2 Å². The minimum atomic E-state index is 0. The Morgan fingerprint density at radius 2 is 1.74 bits per heavy atom. The topological polar surface area (TPSA) is 47.8 Å². The first-order valence-corrected chi connectivity index (χ1v) is 10.2. The fraction of sp³-hybridized carbons (Fsp3) is 0.115. The second kappa shape index (κ2) is 7.64. The molecule has 3 aromatic heterocycles. The molecule has 6 rings (SSSR count). The number of nitrogens with zero attached hydrogens (tertiary/aromatic N) is 3. The van der Waals surface area contributed by atoms with E-state index >= 15 is 0 Å². The van der Waals surface area contributed by atoms with Gasteiger partial charge in [0, 0.05) is 47.2 Å². The molecule has 0 aliphatic heterocycles. The van der Waals surface area contributed by atoms with Crippen molar-refractivity contribution in [2.75, 3.05) is 0 Å². The third-order valence-corrected chi connectivity index (χ3v) is 6.05. The van der Waals surface area contributed by atoms with E-state index in [1.54, 1.807) is 6.20 Å². The number of halogens is 1. The van der Waals surface area contributed by atoms with Crippen LogP contribution in [0.3, 0.4) is 0 Å². The average molecular weight is 426 g/mol. The number of para-hydroxylation sites is 1. The van der Waals surface area contributed by atoms with Gasteiger partial charge in [0.1, 0.15) is 0 Å². The number of aromatic nitrogens is 3. The van der Waals surface area contributed by atoms with Gasteiger partial charge < -0.3 is 4.57 Å². The number of pyridine rings is 3. The molecule has 1 fully saturated rings. The van der Waals surface area contributed by atoms with Crippen molar-refractivity contribution in [2.45, 2.75) is 18.4 Å². The van der Waals surface area contributed by atoms with Crippen molar-refractivity contribution in [3.05, 3.63) is 107 Å². The van der Waals surface area contributed by atoms with Crippen molar-refractivity contribution in [2.24, 2.45) is 0 Å². The Morgan fingerprint density at radius 1 is 0.871 bits per heavy atom. The maximum Gasteiger partial charge on any atom is 0.259 e. The first-order chi connectivity index (χ1) is 14.8. The van der Waals surface area contributed by atoms with E-state index in [2.05, 4.69) is 23.2 Å². The number of rotatable bonds is 3. The highest BCUT2D eigenvalue weighted by atomic mass is 35.5. The van der Waals surface area contributed by atoms with Crippen LogP contribution in [0.2, 0.25) is 0 Å². The summed E-state index contributed by atoms with van der Waals surface area (Å²) >= 11 is 0. The zero-order chi connectivity index (χ0) is 20.1. The monoisotopic (exact) mass is 425 g/mol. The van der Waals surface area contributed by atoms with Crippen LogP contribution < -0.4 is 5.56 Å². The van der Waals surface area contributed by atoms with E-state index in [1.165, 1.54) is 0 Å². The SMILES string of the molecule is Cl.O=c1c2c(-c3cccnc3)cccc2ccn1C1CC1c1ccc2ccccc2n1. The maximum absolute atomic E-state index is 13.5. The van der Waals surface area contributed by atoms with Gasteiger partial charge in [0.05, 0.1) is 10.9 Å². The number of benzene rings is 2. The Bertz CT molecular complexity index is 1460. The Hall–Kier alpha value is -3.50. The van der Waals surface area contributed by atoms with E-state index in [9.17, 15) is 4.79 Å². The van der Waals surface area contributed by atoms with Crippen molar-refractivity contribution in [3.8, 4) is 11.1 Å². The van der Waals surface area contributed by atoms with Crippen LogP contribution >= 0.6 is 12.4 Å². The summed E-state index contributed by atoms with van der Waals surface area (Å²) in [5.74, 6) is 0.273. The Balaban J connectivity index is 0.00000204. The summed E-state index contributed by atoms with van der Waals surface area (Å²) in [6.07, 6.45) is 6.43. The molecule has 0 bridgehead atoms. The highest BCUT2D eigenvalue weighted by Crippen LogP contribution is 2.50. The van der Waals surface area contributed by atoms with Crippen molar-refractivity contribution in [3.63, 3.8) is 0 Å². The molecule has 2 unspecified atom stereocenters. The highest BCUT2D eigenvalue weighted by Gasteiger charge is 2.41. The zero-order valence-corrected chi connectivity index (χ0v) is 17.5. The molecule has 5 aromatic rings. The van der Waals surface area contributed by atoms with Gasteiger partial charge in [0.2, 0.25) is 0 Å². The Morgan fingerprint density at radius 3 is 2.61 bits per heavy atom. The third kappa shape index (κ3) is 3.29. The van der Waals surface area contributed by atoms with Gasteiger partial charge in [0.15, 0.2) is 0 Å². The molecule has 3 heterocycles. The van der Waals surface area contributed by atoms with Crippen molar-refractivity contribution in [1.29, 1.82) is 0 Å². The fourth-order valence-electron chi connectivity index (χ4n) is 4.42. The molecule has 1 saturated carbocycles. The summed E-state index contributed by atoms with van der Waals surface area (Å²) in [5, 5.41) is 2.85. The molecule has 2 aromatic carbocycles. The lowest BCUT2D eigenvalue weighted by Crippen LogP contribution is -2.19. The summed E-state index contributed by atoms with van der Waals surface area (Å²) in [6.45, 7) is 0. The first kappa shape index (κ1) is 19.5. The lowest BCUT2D eigenvalue weighted by atomic mass is 10.0. The molecular weight excluding hydrogens is 406 g/mol. The van der Waals surface area contributed by atoms with Gasteiger partial charge in [-0.1, -0.05) is 48.5 Å². The van der Waals surface area contributed by atoms with Gasteiger partial charge in [-0.3, -0.25) is 14.8 Å². The lowest BCUT2D eigenvalue weighted by molar-refractivity contribution is 0.688. The van der Waals surface area contributed by atoms with Gasteiger partial charge in [-0.2, -0.15) is 0 Å². The summed E-state index contributed by atoms with van der Waals surface area (Å²) < 4.78 is 1.89. The molecule has 0 spiro atoms. The Labute approximate surface area is 185 Å². The van der Waals surface area contributed by atoms with Gasteiger partial charge in [-0.15, -0.1) is 12.4 Å². The van der Waals surface area contributed by atoms with Crippen LogP contribution in [-0.4, -0.2) is 14.5 Å². The zero-order valence-electron chi connectivity index (χ0n) is 16.7. The minimum Gasteiger partial charge on any atom is -0.311 e. The van der Waals surface area contributed by atoms with Crippen LogP contribution in [0.4, 0.5) is 0 Å². The summed E-state index contributed by atoms with van der Waals surface area (Å²) in [4.78, 5) is 22.6. The smallest absolute Gasteiger partial charge is 0.259 e. The van der Waals surface area contributed by atoms with Gasteiger partial charge in [-0.05, 0) is 41.6 Å². The average Bonchev–Trinajstić information content (AvgIpc) is 3.60. The van der Waals surface area contributed by atoms with E-state index in [0.29, 0.717) is 0 Å². The second-order valence-electron chi connectivity index (χ2n) is 7.88. The van der Waals surface area contributed by atoms with Crippen LogP contribution in [0, 0.1) is 0 Å². The normalized spacial score (nSPS) is 17.4. The van der Waals surface area contributed by atoms with Crippen LogP contribution in [0.1, 0.15) is 24.1 Å². The molecule has 0 radical (unpaired) electrons. The number of hydrogen-bond acceptors (Lipinski definition) is 3. The van der Waals surface area contributed by atoms with E-state index in [1.807, 2.05) is 71.6 Å². The largest absolute Gasteiger partial charge is 0.311 e. The van der Waals surface area contributed by atoms with Gasteiger partial charge in [0.25, 0.3) is 5.56 Å². The second-order valence-corrected chi connectivity index (χ2v) is 7.88. The molecule has 0 N–H and O–H groups in total. The quantitative estimate of drug-likeness (QED) is 0.369. The van der Waals surface area contributed by atoms with Crippen molar-refractivity contribution < 1.29 is 0 Å².